The highest BCUT2D eigenvalue weighted by atomic mass is 16.6. The molecule has 0 amide bonds. The Balaban J connectivity index is 1.69. The molecular formula is C15H30N2O2. The Bertz CT molecular complexity index is 244. The molecule has 2 aliphatic rings. The van der Waals surface area contributed by atoms with E-state index in [1.807, 2.05) is 0 Å². The van der Waals surface area contributed by atoms with Crippen LogP contribution in [0.5, 0.6) is 0 Å². The number of hydrogen-bond donors (Lipinski definition) is 2. The maximum absolute atomic E-state index is 6.17. The van der Waals surface area contributed by atoms with Gasteiger partial charge < -0.3 is 20.5 Å². The van der Waals surface area contributed by atoms with Crippen molar-refractivity contribution in [2.45, 2.75) is 76.2 Å². The van der Waals surface area contributed by atoms with Crippen LogP contribution in [0.25, 0.3) is 0 Å². The van der Waals surface area contributed by atoms with Crippen LogP contribution in [0.1, 0.15) is 51.9 Å². The molecule has 0 aromatic heterocycles. The molecule has 2 aliphatic heterocycles. The molecule has 2 heterocycles. The van der Waals surface area contributed by atoms with Gasteiger partial charge in [0.05, 0.1) is 18.8 Å². The van der Waals surface area contributed by atoms with E-state index in [4.69, 9.17) is 15.2 Å². The van der Waals surface area contributed by atoms with E-state index in [9.17, 15) is 0 Å². The molecule has 0 aliphatic carbocycles. The van der Waals surface area contributed by atoms with E-state index in [0.717, 1.165) is 32.6 Å². The maximum Gasteiger partial charge on any atom is 0.0835 e. The summed E-state index contributed by atoms with van der Waals surface area (Å²) >= 11 is 0. The van der Waals surface area contributed by atoms with Gasteiger partial charge >= 0.3 is 0 Å². The van der Waals surface area contributed by atoms with Crippen molar-refractivity contribution in [3.8, 4) is 0 Å². The van der Waals surface area contributed by atoms with Crippen molar-refractivity contribution in [1.82, 2.24) is 5.32 Å². The largest absolute Gasteiger partial charge is 0.379 e. The van der Waals surface area contributed by atoms with Gasteiger partial charge in [0.15, 0.2) is 0 Å². The number of unbranched alkanes of at least 4 members (excludes halogenated alkanes) is 3. The summed E-state index contributed by atoms with van der Waals surface area (Å²) in [7, 11) is 0. The van der Waals surface area contributed by atoms with Gasteiger partial charge in [-0.1, -0.05) is 32.6 Å². The maximum atomic E-state index is 6.17. The molecule has 4 nitrogen and oxygen atoms in total. The second-order valence-electron chi connectivity index (χ2n) is 6.01. The molecule has 0 aromatic carbocycles. The van der Waals surface area contributed by atoms with Crippen LogP contribution >= 0.6 is 0 Å². The number of rotatable bonds is 7. The van der Waals surface area contributed by atoms with E-state index >= 15 is 0 Å². The number of nitrogens with two attached hydrogens (primary N) is 1. The minimum absolute atomic E-state index is 0.132. The summed E-state index contributed by atoms with van der Waals surface area (Å²) in [6.45, 7) is 4.73. The lowest BCUT2D eigenvalue weighted by atomic mass is 9.94. The summed E-state index contributed by atoms with van der Waals surface area (Å²) in [5.74, 6) is 0. The molecule has 112 valence electrons. The predicted molar refractivity (Wildman–Crippen MR) is 77.2 cm³/mol. The van der Waals surface area contributed by atoms with Gasteiger partial charge in [-0.3, -0.25) is 0 Å². The molecular weight excluding hydrogens is 240 g/mol. The average Bonchev–Trinajstić information content (AvgIpc) is 2.91. The van der Waals surface area contributed by atoms with Crippen LogP contribution in [0, 0.1) is 0 Å². The Morgan fingerprint density at radius 3 is 2.95 bits per heavy atom. The van der Waals surface area contributed by atoms with Crippen LogP contribution in [0.3, 0.4) is 0 Å². The van der Waals surface area contributed by atoms with E-state index in [1.165, 1.54) is 32.1 Å². The number of nitrogens with one attached hydrogen (secondary N) is 1. The Labute approximate surface area is 117 Å². The fourth-order valence-electron chi connectivity index (χ4n) is 3.03. The summed E-state index contributed by atoms with van der Waals surface area (Å²) in [6, 6.07) is 0.719. The zero-order chi connectivity index (χ0) is 13.5. The van der Waals surface area contributed by atoms with Crippen LogP contribution in [0.2, 0.25) is 0 Å². The van der Waals surface area contributed by atoms with E-state index in [-0.39, 0.29) is 18.2 Å². The molecule has 0 bridgehead atoms. The summed E-state index contributed by atoms with van der Waals surface area (Å²) in [5.41, 5.74) is 6.17. The minimum Gasteiger partial charge on any atom is -0.379 e. The topological polar surface area (TPSA) is 56.5 Å². The van der Waals surface area contributed by atoms with Gasteiger partial charge in [-0.05, 0) is 19.3 Å². The molecule has 0 radical (unpaired) electrons. The third-order valence-electron chi connectivity index (χ3n) is 4.30. The first kappa shape index (κ1) is 15.2. The highest BCUT2D eigenvalue weighted by Gasteiger charge is 2.31. The quantitative estimate of drug-likeness (QED) is 0.693. The molecule has 3 N–H and O–H groups in total. The summed E-state index contributed by atoms with van der Waals surface area (Å²) in [4.78, 5) is 0. The molecule has 2 fully saturated rings. The van der Waals surface area contributed by atoms with Crippen molar-refractivity contribution in [3.63, 3.8) is 0 Å². The van der Waals surface area contributed by atoms with Crippen LogP contribution in [-0.2, 0) is 9.47 Å². The van der Waals surface area contributed by atoms with Crippen LogP contribution in [0.4, 0.5) is 0 Å². The Morgan fingerprint density at radius 1 is 1.32 bits per heavy atom. The van der Waals surface area contributed by atoms with Gasteiger partial charge in [-0.2, -0.15) is 0 Å². The van der Waals surface area contributed by atoms with E-state index in [2.05, 4.69) is 12.2 Å². The number of hydrogen-bond acceptors (Lipinski definition) is 4. The van der Waals surface area contributed by atoms with Crippen molar-refractivity contribution in [2.24, 2.45) is 5.73 Å². The monoisotopic (exact) mass is 270 g/mol. The van der Waals surface area contributed by atoms with Gasteiger partial charge in [-0.25, -0.2) is 0 Å². The lowest BCUT2D eigenvalue weighted by Crippen LogP contribution is -2.55. The molecule has 0 aromatic rings. The molecule has 2 saturated heterocycles. The zero-order valence-electron chi connectivity index (χ0n) is 12.3. The third-order valence-corrected chi connectivity index (χ3v) is 4.30. The van der Waals surface area contributed by atoms with E-state index in [1.54, 1.807) is 0 Å². The minimum atomic E-state index is 0.132. The molecule has 0 saturated carbocycles. The predicted octanol–water partition coefficient (Wildman–Crippen LogP) is 1.82. The molecule has 0 spiro atoms. The second kappa shape index (κ2) is 8.20. The lowest BCUT2D eigenvalue weighted by Gasteiger charge is -2.36. The van der Waals surface area contributed by atoms with Gasteiger partial charge in [0.25, 0.3) is 0 Å². The highest BCUT2D eigenvalue weighted by molar-refractivity contribution is 4.88. The van der Waals surface area contributed by atoms with Gasteiger partial charge in [-0.15, -0.1) is 0 Å². The van der Waals surface area contributed by atoms with Crippen molar-refractivity contribution >= 4 is 0 Å². The van der Waals surface area contributed by atoms with Gasteiger partial charge in [0.2, 0.25) is 0 Å². The van der Waals surface area contributed by atoms with Crippen LogP contribution in [-0.4, -0.2) is 44.1 Å². The fourth-order valence-corrected chi connectivity index (χ4v) is 3.03. The summed E-state index contributed by atoms with van der Waals surface area (Å²) in [6.07, 6.45) is 9.15. The average molecular weight is 270 g/mol. The van der Waals surface area contributed by atoms with E-state index < -0.39 is 0 Å². The number of piperidine rings is 1. The Hall–Kier alpha value is -0.160. The molecule has 3 unspecified atom stereocenters. The Kier molecular flexibility index (Phi) is 6.57. The molecule has 4 heteroatoms. The Morgan fingerprint density at radius 2 is 2.21 bits per heavy atom. The lowest BCUT2D eigenvalue weighted by molar-refractivity contribution is -0.0456. The summed E-state index contributed by atoms with van der Waals surface area (Å²) in [5, 5.41) is 3.56. The standard InChI is InChI=1S/C15H30N2O2/c1-2-3-4-5-6-12-9-15(14(16)10-17-12)19-13-7-8-18-11-13/h12-15,17H,2-11,16H2,1H3/t12?,13-,14?,15?/m0/s1. The van der Waals surface area contributed by atoms with Gasteiger partial charge in [0, 0.05) is 25.2 Å². The van der Waals surface area contributed by atoms with Crippen molar-refractivity contribution in [2.75, 3.05) is 19.8 Å². The van der Waals surface area contributed by atoms with Crippen molar-refractivity contribution < 1.29 is 9.47 Å². The van der Waals surface area contributed by atoms with Crippen molar-refractivity contribution in [1.29, 1.82) is 0 Å². The second-order valence-corrected chi connectivity index (χ2v) is 6.01. The SMILES string of the molecule is CCCCCCC1CC(O[C@H]2CCOC2)C(N)CN1. The first-order valence-corrected chi connectivity index (χ1v) is 8.01. The highest BCUT2D eigenvalue weighted by Crippen LogP contribution is 2.20. The summed E-state index contributed by atoms with van der Waals surface area (Å²) < 4.78 is 11.5. The molecule has 19 heavy (non-hydrogen) atoms. The first-order chi connectivity index (χ1) is 9.29. The van der Waals surface area contributed by atoms with Crippen molar-refractivity contribution in [3.05, 3.63) is 0 Å². The van der Waals surface area contributed by atoms with Crippen LogP contribution in [0.15, 0.2) is 0 Å². The number of ether oxygens (including phenoxy) is 2. The smallest absolute Gasteiger partial charge is 0.0835 e. The van der Waals surface area contributed by atoms with Crippen LogP contribution < -0.4 is 11.1 Å². The van der Waals surface area contributed by atoms with Gasteiger partial charge in [0.1, 0.15) is 0 Å². The molecule has 4 atom stereocenters. The normalized spacial score (nSPS) is 35.7. The third kappa shape index (κ3) is 5.03. The molecule has 2 rings (SSSR count). The zero-order valence-corrected chi connectivity index (χ0v) is 12.3. The fraction of sp³-hybridized carbons (Fsp3) is 1.00. The van der Waals surface area contributed by atoms with E-state index in [0.29, 0.717) is 6.04 Å². The first-order valence-electron chi connectivity index (χ1n) is 8.01.